The van der Waals surface area contributed by atoms with E-state index >= 15 is 0 Å². The van der Waals surface area contributed by atoms with E-state index in [1.165, 1.54) is 0 Å². The minimum absolute atomic E-state index is 0.00112. The van der Waals surface area contributed by atoms with Gasteiger partial charge in [0.1, 0.15) is 84.6 Å². The lowest BCUT2D eigenvalue weighted by atomic mass is 10.0. The largest absolute Gasteiger partial charge is 0.481 e. The number of carboxylic acids is 2. The summed E-state index contributed by atoms with van der Waals surface area (Å²) in [6.07, 6.45) is -4.28. The Hall–Kier alpha value is -9.47. The second kappa shape index (κ2) is 48.0. The molecule has 44 heteroatoms. The Labute approximate surface area is 627 Å². The summed E-state index contributed by atoms with van der Waals surface area (Å²) in [6.45, 7) is 2.88. The molecular formula is C64H108N18O25S. The van der Waals surface area contributed by atoms with Crippen molar-refractivity contribution in [1.29, 1.82) is 0 Å². The van der Waals surface area contributed by atoms with E-state index in [2.05, 4.69) is 71.1 Å². The average molecular weight is 1560 g/mol. The van der Waals surface area contributed by atoms with Crippen LogP contribution in [-0.2, 0) is 86.3 Å². The number of primary amides is 2. The van der Waals surface area contributed by atoms with Gasteiger partial charge in [0.2, 0.25) is 94.5 Å². The minimum atomic E-state index is -1.99. The van der Waals surface area contributed by atoms with E-state index in [-0.39, 0.29) is 88.6 Å². The molecule has 2 aliphatic rings. The van der Waals surface area contributed by atoms with Crippen molar-refractivity contribution in [2.45, 2.75) is 222 Å². The lowest BCUT2D eigenvalue weighted by molar-refractivity contribution is -0.145. The number of hydrogen-bond donors (Lipinski definition) is 24. The zero-order valence-electron chi connectivity index (χ0n) is 60.9. The molecule has 0 aromatic heterocycles. The van der Waals surface area contributed by atoms with Crippen LogP contribution in [0.2, 0.25) is 0 Å². The second-order valence-electron chi connectivity index (χ2n) is 26.8. The number of nitrogens with two attached hydrogens (primary N) is 4. The number of carbonyl (C=O) groups excluding carboxylic acids is 16. The number of rotatable bonds is 50. The number of amides is 16. The summed E-state index contributed by atoms with van der Waals surface area (Å²) in [7, 11) is 0. The first-order valence-electron chi connectivity index (χ1n) is 35.2. The maximum Gasteiger partial charge on any atom is 0.328 e. The summed E-state index contributed by atoms with van der Waals surface area (Å²) in [4.78, 5) is 241. The zero-order chi connectivity index (χ0) is 81.8. The number of aliphatic hydroxyl groups is 5. The summed E-state index contributed by atoms with van der Waals surface area (Å²) >= 11 is 4.03. The molecule has 0 aromatic rings. The van der Waals surface area contributed by atoms with Gasteiger partial charge in [-0.15, -0.1) is 0 Å². The molecule has 27 N–H and O–H groups in total. The molecule has 2 heterocycles. The van der Waals surface area contributed by atoms with Crippen LogP contribution in [0.5, 0.6) is 0 Å². The lowest BCUT2D eigenvalue weighted by Gasteiger charge is -2.31. The number of thiol groups is 1. The molecule has 15 atom stereocenters. The second-order valence-corrected chi connectivity index (χ2v) is 27.2. The molecule has 2 fully saturated rings. The van der Waals surface area contributed by atoms with E-state index in [1.807, 2.05) is 5.32 Å². The van der Waals surface area contributed by atoms with E-state index in [0.717, 1.165) is 16.7 Å². The van der Waals surface area contributed by atoms with Crippen molar-refractivity contribution in [2.24, 2.45) is 34.8 Å². The van der Waals surface area contributed by atoms with Gasteiger partial charge in [0.25, 0.3) is 0 Å². The van der Waals surface area contributed by atoms with Crippen LogP contribution in [0.15, 0.2) is 0 Å². The molecule has 15 unspecified atom stereocenters. The summed E-state index contributed by atoms with van der Waals surface area (Å²) in [5.41, 5.74) is 22.1. The van der Waals surface area contributed by atoms with Gasteiger partial charge in [0.15, 0.2) is 0 Å². The first-order chi connectivity index (χ1) is 50.8. The fourth-order valence-corrected chi connectivity index (χ4v) is 11.5. The highest BCUT2D eigenvalue weighted by Crippen LogP contribution is 2.23. The summed E-state index contributed by atoms with van der Waals surface area (Å²) in [6, 6.07) is -22.2. The van der Waals surface area contributed by atoms with Crippen molar-refractivity contribution >= 4 is 119 Å². The molecule has 2 rings (SSSR count). The van der Waals surface area contributed by atoms with Gasteiger partial charge in [0.05, 0.1) is 39.1 Å². The number of aliphatic hydroxyl groups excluding tert-OH is 5. The van der Waals surface area contributed by atoms with Crippen LogP contribution in [0.4, 0.5) is 0 Å². The first kappa shape index (κ1) is 94.6. The number of aliphatic carboxylic acids is 2. The standard InChI is InChI=1S/C64H108N18O25S/c1-30(2)22-38(56(98)71-34(13-16-46(67)88)53(95)74-37(10-6-7-19-65)62(104)81-20-8-11-44(81)59(101)73-36(15-18-49(91)92)54(96)78-42(28-86)64(106)107)70-48(90)24-69-52(94)40(26-84)77-61(103)50(32(5)87)80-55(97)35(14-17-47(68)89)72-60(102)45-12-9-21-82(45)63(105)39(23-31(3)4)75-57(99)41(27-85)76-58(100)43(29-108)79-51(93)33(66)25-83/h30-45,50,83-87,108H,6-29,65-66H2,1-5H3,(H2,67,88)(H2,68,89)(H,69,94)(H,70,90)(H,71,98)(H,72,102)(H,73,101)(H,74,95)(H,75,99)(H,76,100)(H,77,103)(H,78,96)(H,79,93)(H,80,97)(H,91,92)(H,106,107). The third kappa shape index (κ3) is 32.2. The van der Waals surface area contributed by atoms with Crippen LogP contribution in [0.3, 0.4) is 0 Å². The number of carboxylic acid groups (broad SMARTS) is 2. The van der Waals surface area contributed by atoms with Crippen LogP contribution in [-0.4, -0.2) is 301 Å². The number of likely N-dealkylation sites (tertiary alicyclic amines) is 2. The maximum atomic E-state index is 14.4. The third-order valence-corrected chi connectivity index (χ3v) is 17.5. The molecule has 0 saturated carbocycles. The topological polar surface area (TPSA) is 704 Å². The van der Waals surface area contributed by atoms with E-state index in [9.17, 15) is 122 Å². The molecule has 16 amide bonds. The first-order valence-corrected chi connectivity index (χ1v) is 35.8. The fourth-order valence-electron chi connectivity index (χ4n) is 11.3. The number of hydrogen-bond acceptors (Lipinski definition) is 26. The van der Waals surface area contributed by atoms with Gasteiger partial charge in [-0.05, 0) is 102 Å². The average Bonchev–Trinajstić information content (AvgIpc) is 1.62. The summed E-state index contributed by atoms with van der Waals surface area (Å²) in [5.74, 6) is -20.3. The Bertz CT molecular complexity index is 3150. The Balaban J connectivity index is 2.30. The van der Waals surface area contributed by atoms with E-state index in [4.69, 9.17) is 22.9 Å². The van der Waals surface area contributed by atoms with E-state index in [1.54, 1.807) is 27.7 Å². The van der Waals surface area contributed by atoms with Gasteiger partial charge in [-0.2, -0.15) is 12.6 Å². The van der Waals surface area contributed by atoms with Crippen LogP contribution in [0.25, 0.3) is 0 Å². The molecule has 610 valence electrons. The molecule has 108 heavy (non-hydrogen) atoms. The molecule has 0 spiro atoms. The van der Waals surface area contributed by atoms with Gasteiger partial charge < -0.3 is 132 Å². The van der Waals surface area contributed by atoms with E-state index < -0.39 is 269 Å². The van der Waals surface area contributed by atoms with Crippen LogP contribution in [0, 0.1) is 11.8 Å². The molecule has 0 aromatic carbocycles. The van der Waals surface area contributed by atoms with Gasteiger partial charge in [-0.3, -0.25) is 81.5 Å². The van der Waals surface area contributed by atoms with Crippen molar-refractivity contribution in [1.82, 2.24) is 73.6 Å². The summed E-state index contributed by atoms with van der Waals surface area (Å²) in [5, 5.41) is 96.3. The molecule has 43 nitrogen and oxygen atoms in total. The zero-order valence-corrected chi connectivity index (χ0v) is 61.8. The highest BCUT2D eigenvalue weighted by molar-refractivity contribution is 7.80. The number of nitrogens with zero attached hydrogens (tertiary/aromatic N) is 2. The third-order valence-electron chi connectivity index (χ3n) is 17.1. The number of carbonyl (C=O) groups is 18. The molecule has 0 aliphatic carbocycles. The Kier molecular flexibility index (Phi) is 42.1. The lowest BCUT2D eigenvalue weighted by Crippen LogP contribution is -2.62. The SMILES string of the molecule is CC(C)CC(NC(=O)CNC(=O)C(CO)NC(=O)C(NC(=O)C(CCC(N)=O)NC(=O)C1CCCN1C(=O)C(CC(C)C)NC(=O)C(CO)NC(=O)C(CS)NC(=O)C(N)CO)C(C)O)C(=O)NC(CCC(N)=O)C(=O)NC(CCCCN)C(=O)N1CCCC1C(=O)NC(CCC(=O)O)C(=O)NC(CO)C(=O)O. The Morgan fingerprint density at radius 2 is 0.843 bits per heavy atom. The van der Waals surface area contributed by atoms with Gasteiger partial charge in [0, 0.05) is 38.1 Å². The molecular weight excluding hydrogens is 1450 g/mol. The minimum Gasteiger partial charge on any atom is -0.481 e. The molecule has 2 saturated heterocycles. The number of nitrogens with one attached hydrogen (secondary N) is 12. The number of unbranched alkanes of at least 4 members (excludes halogenated alkanes) is 1. The van der Waals surface area contributed by atoms with Gasteiger partial charge in [-0.1, -0.05) is 27.7 Å². The van der Waals surface area contributed by atoms with Crippen molar-refractivity contribution in [3.8, 4) is 0 Å². The van der Waals surface area contributed by atoms with Gasteiger partial charge >= 0.3 is 11.9 Å². The van der Waals surface area contributed by atoms with Crippen LogP contribution in [0.1, 0.15) is 131 Å². The quantitative estimate of drug-likeness (QED) is 0.0199. The van der Waals surface area contributed by atoms with Crippen molar-refractivity contribution < 1.29 is 122 Å². The smallest absolute Gasteiger partial charge is 0.328 e. The normalized spacial score (nSPS) is 17.7. The molecule has 0 bridgehead atoms. The molecule has 2 aliphatic heterocycles. The van der Waals surface area contributed by atoms with Crippen molar-refractivity contribution in [2.75, 3.05) is 58.4 Å². The predicted molar refractivity (Wildman–Crippen MR) is 379 cm³/mol. The molecule has 0 radical (unpaired) electrons. The Morgan fingerprint density at radius 1 is 0.444 bits per heavy atom. The monoisotopic (exact) mass is 1560 g/mol. The maximum absolute atomic E-state index is 14.4. The highest BCUT2D eigenvalue weighted by Gasteiger charge is 2.43. The summed E-state index contributed by atoms with van der Waals surface area (Å²) < 4.78 is 0. The fraction of sp³-hybridized carbons (Fsp3) is 0.719. The van der Waals surface area contributed by atoms with Gasteiger partial charge in [-0.25, -0.2) is 4.79 Å². The van der Waals surface area contributed by atoms with Crippen molar-refractivity contribution in [3.05, 3.63) is 0 Å². The van der Waals surface area contributed by atoms with E-state index in [0.29, 0.717) is 6.42 Å². The van der Waals surface area contributed by atoms with Crippen molar-refractivity contribution in [3.63, 3.8) is 0 Å². The van der Waals surface area contributed by atoms with Crippen LogP contribution >= 0.6 is 12.6 Å². The Morgan fingerprint density at radius 3 is 1.30 bits per heavy atom. The predicted octanol–water partition coefficient (Wildman–Crippen LogP) is -11.3. The van der Waals surface area contributed by atoms with Crippen LogP contribution < -0.4 is 86.7 Å². The highest BCUT2D eigenvalue weighted by atomic mass is 32.1.